The smallest absolute Gasteiger partial charge is 0.0340 e. The molecule has 1 aliphatic heterocycles. The molecule has 1 aromatic rings. The molecule has 0 aliphatic carbocycles. The summed E-state index contributed by atoms with van der Waals surface area (Å²) in [6.45, 7) is 6.11. The van der Waals surface area contributed by atoms with Crippen LogP contribution >= 0.6 is 15.9 Å². The minimum absolute atomic E-state index is 0.438. The molecule has 1 heterocycles. The molecular formula is C16H25BrN2. The number of rotatable bonds is 5. The molecule has 2 unspecified atom stereocenters. The van der Waals surface area contributed by atoms with Crippen molar-refractivity contribution in [2.75, 3.05) is 26.7 Å². The Hall–Kier alpha value is -0.380. The van der Waals surface area contributed by atoms with Crippen molar-refractivity contribution < 1.29 is 0 Å². The predicted molar refractivity (Wildman–Crippen MR) is 85.4 cm³/mol. The number of nitrogens with zero attached hydrogens (tertiary/aromatic N) is 1. The van der Waals surface area contributed by atoms with Crippen LogP contribution in [0.5, 0.6) is 0 Å². The van der Waals surface area contributed by atoms with Gasteiger partial charge < -0.3 is 10.2 Å². The van der Waals surface area contributed by atoms with Gasteiger partial charge in [-0.2, -0.15) is 0 Å². The first-order valence-electron chi connectivity index (χ1n) is 7.34. The molecule has 3 heteroatoms. The third kappa shape index (κ3) is 4.30. The van der Waals surface area contributed by atoms with Crippen molar-refractivity contribution in [3.05, 3.63) is 34.3 Å². The summed E-state index contributed by atoms with van der Waals surface area (Å²) in [6.07, 6.45) is 3.93. The molecule has 0 aromatic heterocycles. The molecule has 1 aromatic carbocycles. The van der Waals surface area contributed by atoms with Crippen molar-refractivity contribution in [2.45, 2.75) is 32.2 Å². The van der Waals surface area contributed by atoms with Crippen LogP contribution in [0.1, 0.15) is 37.8 Å². The molecule has 1 aliphatic rings. The number of benzene rings is 1. The Labute approximate surface area is 125 Å². The third-order valence-electron chi connectivity index (χ3n) is 4.10. The van der Waals surface area contributed by atoms with Gasteiger partial charge in [0.05, 0.1) is 0 Å². The maximum absolute atomic E-state index is 3.66. The van der Waals surface area contributed by atoms with Crippen LogP contribution in [0.2, 0.25) is 0 Å². The summed E-state index contributed by atoms with van der Waals surface area (Å²) < 4.78 is 1.21. The Kier molecular flexibility index (Phi) is 5.86. The topological polar surface area (TPSA) is 15.3 Å². The number of hydrogen-bond donors (Lipinski definition) is 1. The van der Waals surface area contributed by atoms with Gasteiger partial charge in [0.25, 0.3) is 0 Å². The van der Waals surface area contributed by atoms with E-state index in [4.69, 9.17) is 0 Å². The average molecular weight is 325 g/mol. The lowest BCUT2D eigenvalue weighted by atomic mass is 9.99. The quantitative estimate of drug-likeness (QED) is 0.885. The first kappa shape index (κ1) is 15.0. The lowest BCUT2D eigenvalue weighted by Gasteiger charge is -2.32. The molecule has 0 radical (unpaired) electrons. The Bertz CT molecular complexity index is 394. The summed E-state index contributed by atoms with van der Waals surface area (Å²) >= 11 is 3.66. The average Bonchev–Trinajstić information content (AvgIpc) is 2.41. The molecule has 2 atom stereocenters. The molecule has 0 amide bonds. The lowest BCUT2D eigenvalue weighted by Crippen LogP contribution is -2.36. The molecule has 0 bridgehead atoms. The van der Waals surface area contributed by atoms with E-state index in [1.54, 1.807) is 0 Å². The number of halogens is 1. The highest BCUT2D eigenvalue weighted by Gasteiger charge is 2.18. The summed E-state index contributed by atoms with van der Waals surface area (Å²) in [5, 5.41) is 3.45. The van der Waals surface area contributed by atoms with E-state index in [1.807, 2.05) is 0 Å². The van der Waals surface area contributed by atoms with E-state index in [-0.39, 0.29) is 0 Å². The van der Waals surface area contributed by atoms with Crippen LogP contribution in [-0.4, -0.2) is 31.6 Å². The van der Waals surface area contributed by atoms with Crippen LogP contribution < -0.4 is 5.32 Å². The first-order valence-corrected chi connectivity index (χ1v) is 8.14. The Morgan fingerprint density at radius 1 is 1.42 bits per heavy atom. The fourth-order valence-corrected chi connectivity index (χ4v) is 3.58. The monoisotopic (exact) mass is 324 g/mol. The minimum Gasteiger partial charge on any atom is -0.313 e. The molecule has 19 heavy (non-hydrogen) atoms. The van der Waals surface area contributed by atoms with E-state index in [0.717, 1.165) is 5.92 Å². The molecule has 2 rings (SSSR count). The first-order chi connectivity index (χ1) is 9.20. The highest BCUT2D eigenvalue weighted by molar-refractivity contribution is 9.10. The van der Waals surface area contributed by atoms with Gasteiger partial charge in [-0.3, -0.25) is 0 Å². The number of nitrogens with one attached hydrogen (secondary N) is 1. The molecule has 1 N–H and O–H groups in total. The summed E-state index contributed by atoms with van der Waals surface area (Å²) in [7, 11) is 2.06. The second-order valence-corrected chi connectivity index (χ2v) is 6.55. The number of hydrogen-bond acceptors (Lipinski definition) is 2. The van der Waals surface area contributed by atoms with Crippen molar-refractivity contribution in [1.29, 1.82) is 0 Å². The predicted octanol–water partition coefficient (Wildman–Crippen LogP) is 3.83. The van der Waals surface area contributed by atoms with Crippen LogP contribution in [0.25, 0.3) is 0 Å². The molecule has 106 valence electrons. The van der Waals surface area contributed by atoms with Gasteiger partial charge >= 0.3 is 0 Å². The second kappa shape index (κ2) is 7.41. The maximum atomic E-state index is 3.66. The van der Waals surface area contributed by atoms with Crippen LogP contribution in [0, 0.1) is 5.92 Å². The van der Waals surface area contributed by atoms with E-state index >= 15 is 0 Å². The zero-order chi connectivity index (χ0) is 13.7. The zero-order valence-electron chi connectivity index (χ0n) is 12.0. The molecular weight excluding hydrogens is 300 g/mol. The normalized spacial score (nSPS) is 22.4. The van der Waals surface area contributed by atoms with E-state index in [2.05, 4.69) is 64.4 Å². The SMILES string of the molecule is CNC(CCN1CCCC(C)C1)c1ccccc1Br. The van der Waals surface area contributed by atoms with E-state index in [0.29, 0.717) is 6.04 Å². The Morgan fingerprint density at radius 3 is 2.89 bits per heavy atom. The molecule has 0 saturated carbocycles. The summed E-state index contributed by atoms with van der Waals surface area (Å²) in [5.74, 6) is 0.866. The summed E-state index contributed by atoms with van der Waals surface area (Å²) in [6, 6.07) is 8.97. The van der Waals surface area contributed by atoms with Gasteiger partial charge in [0, 0.05) is 17.1 Å². The van der Waals surface area contributed by atoms with Crippen molar-refractivity contribution in [2.24, 2.45) is 5.92 Å². The highest BCUT2D eigenvalue weighted by atomic mass is 79.9. The number of piperidine rings is 1. The minimum atomic E-state index is 0.438. The van der Waals surface area contributed by atoms with Crippen LogP contribution in [0.15, 0.2) is 28.7 Å². The second-order valence-electron chi connectivity index (χ2n) is 5.70. The highest BCUT2D eigenvalue weighted by Crippen LogP contribution is 2.26. The Morgan fingerprint density at radius 2 is 2.21 bits per heavy atom. The zero-order valence-corrected chi connectivity index (χ0v) is 13.6. The fraction of sp³-hybridized carbons (Fsp3) is 0.625. The van der Waals surface area contributed by atoms with Crippen LogP contribution in [0.3, 0.4) is 0 Å². The van der Waals surface area contributed by atoms with Gasteiger partial charge in [-0.05, 0) is 56.9 Å². The van der Waals surface area contributed by atoms with Gasteiger partial charge in [0.1, 0.15) is 0 Å². The van der Waals surface area contributed by atoms with Gasteiger partial charge in [0.15, 0.2) is 0 Å². The molecule has 1 saturated heterocycles. The van der Waals surface area contributed by atoms with E-state index in [9.17, 15) is 0 Å². The van der Waals surface area contributed by atoms with Crippen LogP contribution in [-0.2, 0) is 0 Å². The third-order valence-corrected chi connectivity index (χ3v) is 4.83. The van der Waals surface area contributed by atoms with Crippen molar-refractivity contribution in [1.82, 2.24) is 10.2 Å². The molecule has 1 fully saturated rings. The lowest BCUT2D eigenvalue weighted by molar-refractivity contribution is 0.176. The number of likely N-dealkylation sites (tertiary alicyclic amines) is 1. The van der Waals surface area contributed by atoms with Gasteiger partial charge in [-0.15, -0.1) is 0 Å². The summed E-state index contributed by atoms with van der Waals surface area (Å²) in [5.41, 5.74) is 1.37. The van der Waals surface area contributed by atoms with Crippen molar-refractivity contribution in [3.8, 4) is 0 Å². The molecule has 2 nitrogen and oxygen atoms in total. The van der Waals surface area contributed by atoms with E-state index in [1.165, 1.54) is 48.9 Å². The van der Waals surface area contributed by atoms with Gasteiger partial charge in [-0.1, -0.05) is 41.1 Å². The van der Waals surface area contributed by atoms with Crippen LogP contribution in [0.4, 0.5) is 0 Å². The van der Waals surface area contributed by atoms with Crippen molar-refractivity contribution in [3.63, 3.8) is 0 Å². The molecule has 0 spiro atoms. The van der Waals surface area contributed by atoms with E-state index < -0.39 is 0 Å². The Balaban J connectivity index is 1.91. The fourth-order valence-electron chi connectivity index (χ4n) is 3.01. The van der Waals surface area contributed by atoms with Crippen molar-refractivity contribution >= 4 is 15.9 Å². The standard InChI is InChI=1S/C16H25BrN2/c1-13-6-5-10-19(12-13)11-9-16(18-2)14-7-3-4-8-15(14)17/h3-4,7-8,13,16,18H,5-6,9-12H2,1-2H3. The van der Waals surface area contributed by atoms with Gasteiger partial charge in [-0.25, -0.2) is 0 Å². The van der Waals surface area contributed by atoms with Gasteiger partial charge in [0.2, 0.25) is 0 Å². The maximum Gasteiger partial charge on any atom is 0.0340 e. The summed E-state index contributed by atoms with van der Waals surface area (Å²) in [4.78, 5) is 2.62. The largest absolute Gasteiger partial charge is 0.313 e.